The third-order valence-electron chi connectivity index (χ3n) is 2.89. The van der Waals surface area contributed by atoms with E-state index in [0.29, 0.717) is 27.5 Å². The molecule has 0 atom stereocenters. The SMILES string of the molecule is Cc1ccc(C(=O)Nc2ccc(Cl)c(C#N)c2)cc1N. The summed E-state index contributed by atoms with van der Waals surface area (Å²) in [5, 5.41) is 12.0. The topological polar surface area (TPSA) is 78.9 Å². The maximum absolute atomic E-state index is 12.1. The van der Waals surface area contributed by atoms with Crippen LogP contribution in [0.3, 0.4) is 0 Å². The van der Waals surface area contributed by atoms with Gasteiger partial charge in [-0.3, -0.25) is 4.79 Å². The number of halogens is 1. The predicted molar refractivity (Wildman–Crippen MR) is 79.7 cm³/mol. The summed E-state index contributed by atoms with van der Waals surface area (Å²) in [6.07, 6.45) is 0. The van der Waals surface area contributed by atoms with Crippen LogP contribution in [0.5, 0.6) is 0 Å². The molecule has 0 aliphatic heterocycles. The molecule has 0 spiro atoms. The molecular formula is C15H12ClN3O. The summed E-state index contributed by atoms with van der Waals surface area (Å²) in [5.41, 5.74) is 8.54. The number of rotatable bonds is 2. The average molecular weight is 286 g/mol. The van der Waals surface area contributed by atoms with Crippen LogP contribution in [0.2, 0.25) is 5.02 Å². The molecule has 4 nitrogen and oxygen atoms in total. The number of hydrogen-bond acceptors (Lipinski definition) is 3. The summed E-state index contributed by atoms with van der Waals surface area (Å²) in [6, 6.07) is 11.8. The summed E-state index contributed by atoms with van der Waals surface area (Å²) in [7, 11) is 0. The van der Waals surface area contributed by atoms with Gasteiger partial charge in [0.2, 0.25) is 0 Å². The Bertz CT molecular complexity index is 720. The third kappa shape index (κ3) is 2.90. The van der Waals surface area contributed by atoms with Gasteiger partial charge in [0.25, 0.3) is 5.91 Å². The molecule has 2 aromatic carbocycles. The Morgan fingerprint density at radius 1 is 1.30 bits per heavy atom. The number of nitrogens with zero attached hydrogens (tertiary/aromatic N) is 1. The number of nitriles is 1. The number of nitrogens with one attached hydrogen (secondary N) is 1. The number of nitrogen functional groups attached to an aromatic ring is 1. The first-order valence-corrected chi connectivity index (χ1v) is 6.26. The second-order valence-corrected chi connectivity index (χ2v) is 4.74. The van der Waals surface area contributed by atoms with E-state index in [1.165, 1.54) is 6.07 Å². The Hall–Kier alpha value is -2.51. The summed E-state index contributed by atoms with van der Waals surface area (Å²) in [6.45, 7) is 1.87. The fraction of sp³-hybridized carbons (Fsp3) is 0.0667. The maximum Gasteiger partial charge on any atom is 0.255 e. The number of hydrogen-bond donors (Lipinski definition) is 2. The van der Waals surface area contributed by atoms with Gasteiger partial charge in [-0.05, 0) is 42.8 Å². The highest BCUT2D eigenvalue weighted by Crippen LogP contribution is 2.20. The zero-order valence-electron chi connectivity index (χ0n) is 10.8. The molecule has 0 saturated carbocycles. The van der Waals surface area contributed by atoms with E-state index in [1.54, 1.807) is 30.3 Å². The van der Waals surface area contributed by atoms with Crippen molar-refractivity contribution in [2.45, 2.75) is 6.92 Å². The van der Waals surface area contributed by atoms with Crippen LogP contribution in [0, 0.1) is 18.3 Å². The first kappa shape index (κ1) is 13.9. The quantitative estimate of drug-likeness (QED) is 0.831. The van der Waals surface area contributed by atoms with Crippen LogP contribution >= 0.6 is 11.6 Å². The molecule has 1 amide bonds. The van der Waals surface area contributed by atoms with E-state index in [2.05, 4.69) is 5.32 Å². The number of carbonyl (C=O) groups excluding carboxylic acids is 1. The van der Waals surface area contributed by atoms with Crippen LogP contribution in [-0.2, 0) is 0 Å². The largest absolute Gasteiger partial charge is 0.398 e. The molecule has 0 bridgehead atoms. The molecule has 0 aliphatic rings. The van der Waals surface area contributed by atoms with E-state index in [9.17, 15) is 4.79 Å². The molecule has 20 heavy (non-hydrogen) atoms. The number of anilines is 2. The molecule has 0 saturated heterocycles. The van der Waals surface area contributed by atoms with Gasteiger partial charge in [-0.2, -0.15) is 5.26 Å². The number of aryl methyl sites for hydroxylation is 1. The molecule has 2 rings (SSSR count). The average Bonchev–Trinajstić information content (AvgIpc) is 2.43. The van der Waals surface area contributed by atoms with E-state index in [4.69, 9.17) is 22.6 Å². The molecule has 0 fully saturated rings. The first-order valence-electron chi connectivity index (χ1n) is 5.88. The lowest BCUT2D eigenvalue weighted by atomic mass is 10.1. The number of carbonyl (C=O) groups is 1. The van der Waals surface area contributed by atoms with Crippen molar-refractivity contribution in [3.8, 4) is 6.07 Å². The second-order valence-electron chi connectivity index (χ2n) is 4.33. The zero-order valence-corrected chi connectivity index (χ0v) is 11.5. The van der Waals surface area contributed by atoms with Gasteiger partial charge < -0.3 is 11.1 Å². The van der Waals surface area contributed by atoms with Crippen molar-refractivity contribution < 1.29 is 4.79 Å². The van der Waals surface area contributed by atoms with Crippen LogP contribution in [0.1, 0.15) is 21.5 Å². The van der Waals surface area contributed by atoms with Gasteiger partial charge >= 0.3 is 0 Å². The normalized spacial score (nSPS) is 9.85. The molecular weight excluding hydrogens is 274 g/mol. The Labute approximate surface area is 121 Å². The molecule has 2 aromatic rings. The number of amides is 1. The fourth-order valence-electron chi connectivity index (χ4n) is 1.67. The summed E-state index contributed by atoms with van der Waals surface area (Å²) in [5.74, 6) is -0.289. The van der Waals surface area contributed by atoms with Crippen molar-refractivity contribution in [3.05, 3.63) is 58.1 Å². The molecule has 100 valence electrons. The van der Waals surface area contributed by atoms with Gasteiger partial charge in [-0.15, -0.1) is 0 Å². The standard InChI is InChI=1S/C15H12ClN3O/c1-9-2-3-10(7-14(9)18)15(20)19-12-4-5-13(16)11(6-12)8-17/h2-7H,18H2,1H3,(H,19,20). The monoisotopic (exact) mass is 285 g/mol. The summed E-state index contributed by atoms with van der Waals surface area (Å²) < 4.78 is 0. The Morgan fingerprint density at radius 2 is 2.05 bits per heavy atom. The van der Waals surface area contributed by atoms with Gasteiger partial charge in [0.15, 0.2) is 0 Å². The minimum atomic E-state index is -0.289. The van der Waals surface area contributed by atoms with Gasteiger partial charge in [0.05, 0.1) is 10.6 Å². The van der Waals surface area contributed by atoms with Gasteiger partial charge in [0, 0.05) is 16.9 Å². The smallest absolute Gasteiger partial charge is 0.255 e. The highest BCUT2D eigenvalue weighted by atomic mass is 35.5. The molecule has 0 heterocycles. The Morgan fingerprint density at radius 3 is 2.70 bits per heavy atom. The first-order chi connectivity index (χ1) is 9.51. The van der Waals surface area contributed by atoms with Crippen LogP contribution in [0.15, 0.2) is 36.4 Å². The lowest BCUT2D eigenvalue weighted by molar-refractivity contribution is 0.102. The molecule has 0 radical (unpaired) electrons. The van der Waals surface area contributed by atoms with E-state index in [0.717, 1.165) is 5.56 Å². The minimum absolute atomic E-state index is 0.289. The van der Waals surface area contributed by atoms with Crippen molar-refractivity contribution in [1.82, 2.24) is 0 Å². The highest BCUT2D eigenvalue weighted by molar-refractivity contribution is 6.31. The molecule has 0 aromatic heterocycles. The van der Waals surface area contributed by atoms with Crippen molar-refractivity contribution >= 4 is 28.9 Å². The van der Waals surface area contributed by atoms with E-state index in [-0.39, 0.29) is 5.91 Å². The van der Waals surface area contributed by atoms with Crippen molar-refractivity contribution in [2.75, 3.05) is 11.1 Å². The van der Waals surface area contributed by atoms with Gasteiger partial charge in [0.1, 0.15) is 6.07 Å². The zero-order chi connectivity index (χ0) is 14.7. The summed E-state index contributed by atoms with van der Waals surface area (Å²) >= 11 is 5.84. The number of benzene rings is 2. The van der Waals surface area contributed by atoms with Crippen LogP contribution < -0.4 is 11.1 Å². The molecule has 5 heteroatoms. The minimum Gasteiger partial charge on any atom is -0.398 e. The van der Waals surface area contributed by atoms with E-state index >= 15 is 0 Å². The lowest BCUT2D eigenvalue weighted by Crippen LogP contribution is -2.12. The van der Waals surface area contributed by atoms with Crippen LogP contribution in [0.4, 0.5) is 11.4 Å². The van der Waals surface area contributed by atoms with Gasteiger partial charge in [-0.1, -0.05) is 17.7 Å². The predicted octanol–water partition coefficient (Wildman–Crippen LogP) is 3.35. The Kier molecular flexibility index (Phi) is 3.92. The lowest BCUT2D eigenvalue weighted by Gasteiger charge is -2.08. The van der Waals surface area contributed by atoms with E-state index in [1.807, 2.05) is 13.0 Å². The van der Waals surface area contributed by atoms with Crippen LogP contribution in [0.25, 0.3) is 0 Å². The molecule has 0 unspecified atom stereocenters. The number of nitrogens with two attached hydrogens (primary N) is 1. The van der Waals surface area contributed by atoms with Crippen molar-refractivity contribution in [1.29, 1.82) is 5.26 Å². The van der Waals surface area contributed by atoms with Crippen molar-refractivity contribution in [3.63, 3.8) is 0 Å². The molecule has 3 N–H and O–H groups in total. The van der Waals surface area contributed by atoms with Crippen molar-refractivity contribution in [2.24, 2.45) is 0 Å². The van der Waals surface area contributed by atoms with E-state index < -0.39 is 0 Å². The Balaban J connectivity index is 2.23. The van der Waals surface area contributed by atoms with Gasteiger partial charge in [-0.25, -0.2) is 0 Å². The fourth-order valence-corrected chi connectivity index (χ4v) is 1.83. The van der Waals surface area contributed by atoms with Crippen LogP contribution in [-0.4, -0.2) is 5.91 Å². The summed E-state index contributed by atoms with van der Waals surface area (Å²) in [4.78, 5) is 12.1. The maximum atomic E-state index is 12.1. The third-order valence-corrected chi connectivity index (χ3v) is 3.22. The highest BCUT2D eigenvalue weighted by Gasteiger charge is 2.09. The second kappa shape index (κ2) is 5.64. The molecule has 0 aliphatic carbocycles.